The molecule has 0 radical (unpaired) electrons. The summed E-state index contributed by atoms with van der Waals surface area (Å²) in [6.45, 7) is 1.67. The van der Waals surface area contributed by atoms with Gasteiger partial charge in [-0.3, -0.25) is 14.7 Å². The van der Waals surface area contributed by atoms with Crippen LogP contribution in [0.2, 0.25) is 0 Å². The number of aromatic amines is 1. The summed E-state index contributed by atoms with van der Waals surface area (Å²) in [5, 5.41) is 3.32. The largest absolute Gasteiger partial charge is 0.461 e. The zero-order valence-electron chi connectivity index (χ0n) is 14.2. The van der Waals surface area contributed by atoms with E-state index in [2.05, 4.69) is 25.3 Å². The zero-order valence-corrected chi connectivity index (χ0v) is 15.7. The van der Waals surface area contributed by atoms with Gasteiger partial charge in [-0.25, -0.2) is 9.97 Å². The lowest BCUT2D eigenvalue weighted by Crippen LogP contribution is -2.33. The van der Waals surface area contributed by atoms with Gasteiger partial charge < -0.3 is 14.7 Å². The number of rotatable bonds is 6. The molecule has 3 aromatic heterocycles. The van der Waals surface area contributed by atoms with Crippen LogP contribution < -0.4 is 5.32 Å². The summed E-state index contributed by atoms with van der Waals surface area (Å²) in [5.41, 5.74) is 1.13. The van der Waals surface area contributed by atoms with Crippen molar-refractivity contribution >= 4 is 45.4 Å². The number of furan rings is 1. The van der Waals surface area contributed by atoms with Crippen LogP contribution in [0.25, 0.3) is 22.7 Å². The normalized spacial score (nSPS) is 17.4. The Hall–Kier alpha value is -2.42. The van der Waals surface area contributed by atoms with Crippen LogP contribution in [0, 0.1) is 0 Å². The van der Waals surface area contributed by atoms with Crippen LogP contribution in [0.4, 0.5) is 0 Å². The Morgan fingerprint density at radius 2 is 2.33 bits per heavy atom. The number of H-pyrrole nitrogens is 1. The van der Waals surface area contributed by atoms with Gasteiger partial charge in [0, 0.05) is 19.3 Å². The number of nitrogens with one attached hydrogen (secondary N) is 2. The molecule has 0 saturated heterocycles. The third-order valence-electron chi connectivity index (χ3n) is 4.22. The van der Waals surface area contributed by atoms with Crippen LogP contribution in [0.15, 0.2) is 40.1 Å². The fourth-order valence-electron chi connectivity index (χ4n) is 2.85. The predicted molar refractivity (Wildman–Crippen MR) is 103 cm³/mol. The summed E-state index contributed by atoms with van der Waals surface area (Å²) in [5.74, 6) is 0.915. The predicted octanol–water partition coefficient (Wildman–Crippen LogP) is 2.81. The molecule has 0 bridgehead atoms. The summed E-state index contributed by atoms with van der Waals surface area (Å²) in [6, 6.07) is 5.22. The molecule has 27 heavy (non-hydrogen) atoms. The first kappa shape index (κ1) is 18.0. The van der Waals surface area contributed by atoms with E-state index in [1.807, 2.05) is 4.90 Å². The summed E-state index contributed by atoms with van der Waals surface area (Å²) in [4.78, 5) is 30.3. The van der Waals surface area contributed by atoms with Gasteiger partial charge in [-0.15, -0.1) is 0 Å². The van der Waals surface area contributed by atoms with E-state index in [1.165, 1.54) is 0 Å². The number of carbonyl (C=O) groups is 1. The van der Waals surface area contributed by atoms with Gasteiger partial charge in [-0.05, 0) is 24.6 Å². The number of alkyl halides is 1. The van der Waals surface area contributed by atoms with E-state index in [0.717, 1.165) is 6.42 Å². The van der Waals surface area contributed by atoms with Gasteiger partial charge in [0.1, 0.15) is 10.7 Å². The molecule has 3 aromatic rings. The minimum Gasteiger partial charge on any atom is -0.461 e. The van der Waals surface area contributed by atoms with Crippen LogP contribution in [0.1, 0.15) is 16.8 Å². The van der Waals surface area contributed by atoms with Crippen molar-refractivity contribution in [3.63, 3.8) is 0 Å². The molecular weight excluding hydrogens is 391 g/mol. The van der Waals surface area contributed by atoms with Crippen LogP contribution in [-0.2, 0) is 0 Å². The average Bonchev–Trinajstić information content (AvgIpc) is 3.40. The maximum Gasteiger partial charge on any atom is 0.253 e. The molecule has 8 nitrogen and oxygen atoms in total. The van der Waals surface area contributed by atoms with E-state index in [4.69, 9.17) is 27.6 Å². The molecule has 1 amide bonds. The third-order valence-corrected chi connectivity index (χ3v) is 5.14. The average molecular weight is 407 g/mol. The standard InChI is InChI=1S/C17H16Cl2N6O2/c18-13-14(19)25(9-22-13)7-2-5-21-17(26)10-4-6-20-16-12(10)23-15(24-16)11-3-1-8-27-11/h1,3-4,6,8,14H,2,5,7,9H2,(H,21,26)(H,20,23,24). The first-order valence-corrected chi connectivity index (χ1v) is 9.19. The second-order valence-electron chi connectivity index (χ2n) is 6.00. The maximum atomic E-state index is 12.6. The van der Waals surface area contributed by atoms with Crippen molar-refractivity contribution in [3.05, 3.63) is 36.2 Å². The summed E-state index contributed by atoms with van der Waals surface area (Å²) >= 11 is 12.0. The number of pyridine rings is 1. The molecule has 1 aliphatic rings. The van der Waals surface area contributed by atoms with Crippen LogP contribution in [0.3, 0.4) is 0 Å². The molecule has 0 saturated carbocycles. The van der Waals surface area contributed by atoms with Crippen LogP contribution in [-0.4, -0.2) is 56.2 Å². The maximum absolute atomic E-state index is 12.6. The number of aliphatic imine (C=N–C) groups is 1. The van der Waals surface area contributed by atoms with E-state index in [-0.39, 0.29) is 11.4 Å². The quantitative estimate of drug-likeness (QED) is 0.372. The third kappa shape index (κ3) is 3.69. The molecular formula is C17H16Cl2N6O2. The summed E-state index contributed by atoms with van der Waals surface area (Å²) in [6.07, 6.45) is 3.85. The van der Waals surface area contributed by atoms with Gasteiger partial charge in [-0.1, -0.05) is 23.2 Å². The molecule has 0 aliphatic carbocycles. The molecule has 10 heteroatoms. The minimum atomic E-state index is -0.382. The molecule has 140 valence electrons. The second-order valence-corrected chi connectivity index (χ2v) is 6.80. The number of halogens is 2. The number of nitrogens with zero attached hydrogens (tertiary/aromatic N) is 4. The van der Waals surface area contributed by atoms with Gasteiger partial charge in [-0.2, -0.15) is 0 Å². The number of hydrogen-bond acceptors (Lipinski definition) is 6. The molecule has 4 heterocycles. The Kier molecular flexibility index (Phi) is 5.11. The number of amides is 1. The lowest BCUT2D eigenvalue weighted by Gasteiger charge is -2.18. The monoisotopic (exact) mass is 406 g/mol. The van der Waals surface area contributed by atoms with Gasteiger partial charge in [0.15, 0.2) is 17.2 Å². The van der Waals surface area contributed by atoms with Crippen molar-refractivity contribution in [3.8, 4) is 11.6 Å². The molecule has 1 aliphatic heterocycles. The molecule has 1 atom stereocenters. The number of carbonyl (C=O) groups excluding carboxylic acids is 1. The van der Waals surface area contributed by atoms with Gasteiger partial charge in [0.25, 0.3) is 5.91 Å². The van der Waals surface area contributed by atoms with Crippen molar-refractivity contribution < 1.29 is 9.21 Å². The molecule has 0 spiro atoms. The number of imidazole rings is 1. The Morgan fingerprint density at radius 3 is 3.07 bits per heavy atom. The Bertz CT molecular complexity index is 985. The van der Waals surface area contributed by atoms with Crippen molar-refractivity contribution in [2.75, 3.05) is 19.8 Å². The number of aromatic nitrogens is 3. The molecule has 1 unspecified atom stereocenters. The first-order valence-electron chi connectivity index (χ1n) is 8.38. The van der Waals surface area contributed by atoms with E-state index in [9.17, 15) is 4.79 Å². The second kappa shape index (κ2) is 7.67. The van der Waals surface area contributed by atoms with Crippen molar-refractivity contribution in [2.45, 2.75) is 11.9 Å². The lowest BCUT2D eigenvalue weighted by molar-refractivity contribution is 0.0953. The summed E-state index contributed by atoms with van der Waals surface area (Å²) in [7, 11) is 0. The molecule has 2 N–H and O–H groups in total. The lowest BCUT2D eigenvalue weighted by atomic mass is 10.2. The van der Waals surface area contributed by atoms with Crippen molar-refractivity contribution in [1.82, 2.24) is 25.2 Å². The Morgan fingerprint density at radius 1 is 1.44 bits per heavy atom. The molecule has 0 aromatic carbocycles. The smallest absolute Gasteiger partial charge is 0.253 e. The van der Waals surface area contributed by atoms with Crippen molar-refractivity contribution in [1.29, 1.82) is 0 Å². The zero-order chi connectivity index (χ0) is 18.8. The minimum absolute atomic E-state index is 0.199. The highest BCUT2D eigenvalue weighted by atomic mass is 35.5. The van der Waals surface area contributed by atoms with E-state index in [0.29, 0.717) is 53.2 Å². The fourth-order valence-corrected chi connectivity index (χ4v) is 3.27. The molecule has 0 fully saturated rings. The number of hydrogen-bond donors (Lipinski definition) is 2. The Balaban J connectivity index is 1.39. The highest BCUT2D eigenvalue weighted by Crippen LogP contribution is 2.22. The SMILES string of the molecule is O=C(NCCCN1CN=C(Cl)C1Cl)c1ccnc2nc(-c3ccco3)[nH]c12. The van der Waals surface area contributed by atoms with Crippen LogP contribution in [0.5, 0.6) is 0 Å². The summed E-state index contributed by atoms with van der Waals surface area (Å²) < 4.78 is 5.34. The Labute approximate surface area is 164 Å². The van der Waals surface area contributed by atoms with E-state index >= 15 is 0 Å². The van der Waals surface area contributed by atoms with Gasteiger partial charge >= 0.3 is 0 Å². The topological polar surface area (TPSA) is 99.4 Å². The van der Waals surface area contributed by atoms with Crippen molar-refractivity contribution in [2.24, 2.45) is 4.99 Å². The highest BCUT2D eigenvalue weighted by Gasteiger charge is 2.25. The number of fused-ring (bicyclic) bond motifs is 1. The van der Waals surface area contributed by atoms with E-state index in [1.54, 1.807) is 30.7 Å². The first-order chi connectivity index (χ1) is 13.1. The fraction of sp³-hybridized carbons (Fsp3) is 0.294. The highest BCUT2D eigenvalue weighted by molar-refractivity contribution is 6.71. The van der Waals surface area contributed by atoms with Gasteiger partial charge in [0.2, 0.25) is 0 Å². The van der Waals surface area contributed by atoms with E-state index < -0.39 is 0 Å². The van der Waals surface area contributed by atoms with Crippen LogP contribution >= 0.6 is 23.2 Å². The molecule has 4 rings (SSSR count). The van der Waals surface area contributed by atoms with Gasteiger partial charge in [0.05, 0.1) is 24.0 Å².